The molecule has 33 heavy (non-hydrogen) atoms. The zero-order valence-electron chi connectivity index (χ0n) is 18.0. The first-order valence-electron chi connectivity index (χ1n) is 10.5. The van der Waals surface area contributed by atoms with Crippen LogP contribution in [0.5, 0.6) is 5.75 Å². The Labute approximate surface area is 193 Å². The summed E-state index contributed by atoms with van der Waals surface area (Å²) in [6.45, 7) is 2.31. The summed E-state index contributed by atoms with van der Waals surface area (Å²) >= 11 is 1.33. The van der Waals surface area contributed by atoms with Gasteiger partial charge in [-0.3, -0.25) is 4.79 Å². The van der Waals surface area contributed by atoms with Crippen molar-refractivity contribution < 1.29 is 22.7 Å². The van der Waals surface area contributed by atoms with Crippen molar-refractivity contribution in [3.8, 4) is 5.75 Å². The predicted octanol–water partition coefficient (Wildman–Crippen LogP) is 4.51. The van der Waals surface area contributed by atoms with E-state index in [2.05, 4.69) is 14.3 Å². The maximum Gasteiger partial charge on any atom is 0.416 e. The highest BCUT2D eigenvalue weighted by atomic mass is 32.1. The summed E-state index contributed by atoms with van der Waals surface area (Å²) in [7, 11) is 1.63. The minimum atomic E-state index is -4.42. The standard InChI is InChI=1S/C23H23F3N4O2S/c1-32-19-5-2-4-16(14-19)15-20-27-22(33-28-20)30-11-3-10-29(12-13-30)21(31)17-6-8-18(9-7-17)23(24,25)26/h2,4-9,14H,3,10-13,15H2,1H3. The summed E-state index contributed by atoms with van der Waals surface area (Å²) in [5.74, 6) is 1.25. The van der Waals surface area contributed by atoms with E-state index < -0.39 is 11.7 Å². The van der Waals surface area contributed by atoms with E-state index in [1.807, 2.05) is 24.3 Å². The minimum absolute atomic E-state index is 0.257. The Morgan fingerprint density at radius 2 is 1.88 bits per heavy atom. The summed E-state index contributed by atoms with van der Waals surface area (Å²) in [6, 6.07) is 12.1. The summed E-state index contributed by atoms with van der Waals surface area (Å²) in [5, 5.41) is 0.803. The van der Waals surface area contributed by atoms with Gasteiger partial charge in [0.2, 0.25) is 5.13 Å². The fraction of sp³-hybridized carbons (Fsp3) is 0.348. The second kappa shape index (κ2) is 9.78. The highest BCUT2D eigenvalue weighted by molar-refractivity contribution is 7.09. The third-order valence-electron chi connectivity index (χ3n) is 5.47. The first-order chi connectivity index (χ1) is 15.8. The smallest absolute Gasteiger partial charge is 0.416 e. The van der Waals surface area contributed by atoms with Crippen LogP contribution in [0.1, 0.15) is 33.7 Å². The lowest BCUT2D eigenvalue weighted by Crippen LogP contribution is -2.35. The average molecular weight is 477 g/mol. The maximum atomic E-state index is 12.8. The SMILES string of the molecule is COc1cccc(Cc2nsc(N3CCCN(C(=O)c4ccc(C(F)(F)F)cc4)CC3)n2)c1. The first-order valence-corrected chi connectivity index (χ1v) is 11.3. The number of rotatable bonds is 5. The first kappa shape index (κ1) is 23.0. The van der Waals surface area contributed by atoms with Gasteiger partial charge < -0.3 is 14.5 Å². The maximum absolute atomic E-state index is 12.8. The number of carbonyl (C=O) groups is 1. The van der Waals surface area contributed by atoms with Gasteiger partial charge in [-0.25, -0.2) is 4.98 Å². The lowest BCUT2D eigenvalue weighted by atomic mass is 10.1. The van der Waals surface area contributed by atoms with Crippen molar-refractivity contribution in [2.75, 3.05) is 38.2 Å². The molecule has 1 amide bonds. The number of halogens is 3. The largest absolute Gasteiger partial charge is 0.497 e. The van der Waals surface area contributed by atoms with Gasteiger partial charge in [0.1, 0.15) is 11.6 Å². The molecule has 0 atom stereocenters. The van der Waals surface area contributed by atoms with Gasteiger partial charge in [0.15, 0.2) is 0 Å². The van der Waals surface area contributed by atoms with Crippen LogP contribution >= 0.6 is 11.5 Å². The number of ether oxygens (including phenoxy) is 1. The van der Waals surface area contributed by atoms with Crippen molar-refractivity contribution in [2.45, 2.75) is 19.0 Å². The summed E-state index contributed by atoms with van der Waals surface area (Å²) in [6.07, 6.45) is -3.09. The third-order valence-corrected chi connectivity index (χ3v) is 6.28. The van der Waals surface area contributed by atoms with Crippen LogP contribution in [0.25, 0.3) is 0 Å². The Morgan fingerprint density at radius 1 is 1.09 bits per heavy atom. The highest BCUT2D eigenvalue weighted by Gasteiger charge is 2.30. The van der Waals surface area contributed by atoms with E-state index in [9.17, 15) is 18.0 Å². The summed E-state index contributed by atoms with van der Waals surface area (Å²) in [4.78, 5) is 21.3. The molecule has 0 bridgehead atoms. The molecule has 0 radical (unpaired) electrons. The van der Waals surface area contributed by atoms with Gasteiger partial charge in [-0.2, -0.15) is 17.5 Å². The average Bonchev–Trinajstić information content (AvgIpc) is 3.13. The lowest BCUT2D eigenvalue weighted by molar-refractivity contribution is -0.137. The molecule has 1 fully saturated rings. The van der Waals surface area contributed by atoms with Crippen LogP contribution < -0.4 is 9.64 Å². The molecule has 0 spiro atoms. The number of alkyl halides is 3. The number of carbonyl (C=O) groups excluding carboxylic acids is 1. The van der Waals surface area contributed by atoms with E-state index in [0.717, 1.165) is 47.4 Å². The molecule has 174 valence electrons. The number of methoxy groups -OCH3 is 1. The molecule has 6 nitrogen and oxygen atoms in total. The number of aromatic nitrogens is 2. The van der Waals surface area contributed by atoms with E-state index in [1.54, 1.807) is 12.0 Å². The number of benzene rings is 2. The van der Waals surface area contributed by atoms with Crippen LogP contribution in [0.2, 0.25) is 0 Å². The number of anilines is 1. The van der Waals surface area contributed by atoms with Gasteiger partial charge in [-0.15, -0.1) is 0 Å². The van der Waals surface area contributed by atoms with Crippen molar-refractivity contribution in [1.82, 2.24) is 14.3 Å². The summed E-state index contributed by atoms with van der Waals surface area (Å²) in [5.41, 5.74) is 0.554. The van der Waals surface area contributed by atoms with Crippen LogP contribution in [-0.4, -0.2) is 53.5 Å². The molecular formula is C23H23F3N4O2S. The minimum Gasteiger partial charge on any atom is -0.497 e. The summed E-state index contributed by atoms with van der Waals surface area (Å²) < 4.78 is 48.1. The topological polar surface area (TPSA) is 58.6 Å². The Kier molecular flexibility index (Phi) is 6.83. The van der Waals surface area contributed by atoms with Gasteiger partial charge in [-0.1, -0.05) is 12.1 Å². The van der Waals surface area contributed by atoms with Crippen LogP contribution in [0, 0.1) is 0 Å². The van der Waals surface area contributed by atoms with Crippen molar-refractivity contribution in [3.05, 3.63) is 71.0 Å². The van der Waals surface area contributed by atoms with Gasteiger partial charge in [0.25, 0.3) is 5.91 Å². The van der Waals surface area contributed by atoms with E-state index >= 15 is 0 Å². The highest BCUT2D eigenvalue weighted by Crippen LogP contribution is 2.29. The van der Waals surface area contributed by atoms with Crippen LogP contribution in [0.15, 0.2) is 48.5 Å². The molecule has 1 aliphatic rings. The second-order valence-electron chi connectivity index (χ2n) is 7.73. The molecule has 2 aromatic carbocycles. The number of hydrogen-bond donors (Lipinski definition) is 0. The molecule has 0 aliphatic carbocycles. The number of amides is 1. The molecule has 0 saturated carbocycles. The Balaban J connectivity index is 1.37. The third kappa shape index (κ3) is 5.62. The zero-order valence-corrected chi connectivity index (χ0v) is 18.8. The Bertz CT molecular complexity index is 1100. The Morgan fingerprint density at radius 3 is 2.61 bits per heavy atom. The number of hydrogen-bond acceptors (Lipinski definition) is 6. The van der Waals surface area contributed by atoms with E-state index in [1.165, 1.54) is 23.7 Å². The van der Waals surface area contributed by atoms with Gasteiger partial charge in [-0.05, 0) is 48.4 Å². The molecule has 3 aromatic rings. The van der Waals surface area contributed by atoms with Crippen LogP contribution in [0.4, 0.5) is 18.3 Å². The van der Waals surface area contributed by atoms with E-state index in [-0.39, 0.29) is 11.5 Å². The van der Waals surface area contributed by atoms with Crippen molar-refractivity contribution in [3.63, 3.8) is 0 Å². The molecule has 0 unspecified atom stereocenters. The van der Waals surface area contributed by atoms with Gasteiger partial charge in [0.05, 0.1) is 12.7 Å². The second-order valence-corrected chi connectivity index (χ2v) is 8.46. The quantitative estimate of drug-likeness (QED) is 0.543. The molecule has 0 N–H and O–H groups in total. The van der Waals surface area contributed by atoms with Crippen LogP contribution in [0.3, 0.4) is 0 Å². The molecule has 1 aromatic heterocycles. The van der Waals surface area contributed by atoms with Crippen molar-refractivity contribution in [2.24, 2.45) is 0 Å². The van der Waals surface area contributed by atoms with Gasteiger partial charge in [0, 0.05) is 49.7 Å². The zero-order chi connectivity index (χ0) is 23.4. The fourth-order valence-corrected chi connectivity index (χ4v) is 4.44. The van der Waals surface area contributed by atoms with Crippen LogP contribution in [-0.2, 0) is 12.6 Å². The predicted molar refractivity (Wildman–Crippen MR) is 120 cm³/mol. The molecule has 4 rings (SSSR count). The lowest BCUT2D eigenvalue weighted by Gasteiger charge is -2.21. The van der Waals surface area contributed by atoms with Gasteiger partial charge >= 0.3 is 6.18 Å². The van der Waals surface area contributed by atoms with Crippen molar-refractivity contribution >= 4 is 22.6 Å². The normalized spacial score (nSPS) is 14.8. The molecule has 1 aliphatic heterocycles. The monoisotopic (exact) mass is 476 g/mol. The van der Waals surface area contributed by atoms with E-state index in [4.69, 9.17) is 4.74 Å². The fourth-order valence-electron chi connectivity index (χ4n) is 3.71. The molecule has 2 heterocycles. The van der Waals surface area contributed by atoms with E-state index in [0.29, 0.717) is 26.1 Å². The van der Waals surface area contributed by atoms with Crippen molar-refractivity contribution in [1.29, 1.82) is 0 Å². The number of nitrogens with zero attached hydrogens (tertiary/aromatic N) is 4. The molecular weight excluding hydrogens is 453 g/mol. The molecule has 1 saturated heterocycles. The molecule has 10 heteroatoms. The Hall–Kier alpha value is -3.14.